The summed E-state index contributed by atoms with van der Waals surface area (Å²) < 4.78 is 15.8. The van der Waals surface area contributed by atoms with Crippen LogP contribution in [-0.2, 0) is 13.6 Å². The first kappa shape index (κ1) is 13.1. The van der Waals surface area contributed by atoms with Crippen molar-refractivity contribution in [1.82, 2.24) is 9.78 Å². The lowest BCUT2D eigenvalue weighted by molar-refractivity contribution is 0.626. The highest BCUT2D eigenvalue weighted by molar-refractivity contribution is 9.10. The fourth-order valence-electron chi connectivity index (χ4n) is 1.88. The number of hydrogen-bond acceptors (Lipinski definition) is 2. The lowest BCUT2D eigenvalue weighted by atomic mass is 10.2. The smallest absolute Gasteiger partial charge is 0.123 e. The standard InChI is InChI=1S/C13H15BrFN3/c1-8-6-10(15)4-5-11(8)16-7-12-13(14)9(2)17-18(12)3/h4-6,16H,7H2,1-3H3. The summed E-state index contributed by atoms with van der Waals surface area (Å²) in [5.41, 5.74) is 3.86. The molecule has 0 spiro atoms. The SMILES string of the molecule is Cc1cc(F)ccc1NCc1c(Br)c(C)nn1C. The summed E-state index contributed by atoms with van der Waals surface area (Å²) in [6, 6.07) is 4.73. The number of aromatic nitrogens is 2. The minimum absolute atomic E-state index is 0.212. The molecule has 3 nitrogen and oxygen atoms in total. The van der Waals surface area contributed by atoms with Crippen LogP contribution in [-0.4, -0.2) is 9.78 Å². The summed E-state index contributed by atoms with van der Waals surface area (Å²) in [5.74, 6) is -0.212. The molecule has 1 N–H and O–H groups in total. The van der Waals surface area contributed by atoms with E-state index >= 15 is 0 Å². The Kier molecular flexibility index (Phi) is 3.71. The lowest BCUT2D eigenvalue weighted by Crippen LogP contribution is -2.07. The van der Waals surface area contributed by atoms with Gasteiger partial charge in [0.2, 0.25) is 0 Å². The van der Waals surface area contributed by atoms with Gasteiger partial charge in [-0.2, -0.15) is 5.10 Å². The number of rotatable bonds is 3. The van der Waals surface area contributed by atoms with E-state index in [0.717, 1.165) is 27.1 Å². The molecule has 96 valence electrons. The van der Waals surface area contributed by atoms with Crippen molar-refractivity contribution in [3.8, 4) is 0 Å². The predicted octanol–water partition coefficient (Wildman–Crippen LogP) is 3.55. The Morgan fingerprint density at radius 3 is 2.67 bits per heavy atom. The van der Waals surface area contributed by atoms with Gasteiger partial charge in [0.25, 0.3) is 0 Å². The lowest BCUT2D eigenvalue weighted by Gasteiger charge is -2.10. The first-order valence-corrected chi connectivity index (χ1v) is 6.46. The Morgan fingerprint density at radius 1 is 1.39 bits per heavy atom. The van der Waals surface area contributed by atoms with Crippen molar-refractivity contribution in [1.29, 1.82) is 0 Å². The maximum atomic E-state index is 13.0. The Balaban J connectivity index is 2.16. The Hall–Kier alpha value is -1.36. The summed E-state index contributed by atoms with van der Waals surface area (Å²) in [4.78, 5) is 0. The number of aryl methyl sites for hydroxylation is 3. The number of benzene rings is 1. The quantitative estimate of drug-likeness (QED) is 0.939. The molecule has 0 aliphatic heterocycles. The second-order valence-electron chi connectivity index (χ2n) is 4.28. The van der Waals surface area contributed by atoms with Gasteiger partial charge in [0.1, 0.15) is 5.82 Å². The Labute approximate surface area is 114 Å². The highest BCUT2D eigenvalue weighted by Crippen LogP contribution is 2.22. The van der Waals surface area contributed by atoms with Crippen LogP contribution in [0.3, 0.4) is 0 Å². The molecule has 0 aliphatic rings. The molecule has 0 saturated heterocycles. The van der Waals surface area contributed by atoms with Crippen LogP contribution in [0.1, 0.15) is 17.0 Å². The van der Waals surface area contributed by atoms with E-state index in [4.69, 9.17) is 0 Å². The number of nitrogens with zero attached hydrogens (tertiary/aromatic N) is 2. The Bertz CT molecular complexity index is 578. The third-order valence-corrected chi connectivity index (χ3v) is 3.93. The second kappa shape index (κ2) is 5.10. The van der Waals surface area contributed by atoms with Crippen LogP contribution in [0.25, 0.3) is 0 Å². The molecular weight excluding hydrogens is 297 g/mol. The summed E-state index contributed by atoms with van der Waals surface area (Å²) in [5, 5.41) is 7.62. The number of hydrogen-bond donors (Lipinski definition) is 1. The summed E-state index contributed by atoms with van der Waals surface area (Å²) >= 11 is 3.52. The van der Waals surface area contributed by atoms with Gasteiger partial charge in [-0.05, 0) is 53.5 Å². The number of anilines is 1. The molecule has 0 atom stereocenters. The number of halogens is 2. The first-order valence-electron chi connectivity index (χ1n) is 5.67. The van der Waals surface area contributed by atoms with Gasteiger partial charge in [0, 0.05) is 12.7 Å². The predicted molar refractivity (Wildman–Crippen MR) is 74.1 cm³/mol. The molecule has 0 amide bonds. The molecule has 0 unspecified atom stereocenters. The Morgan fingerprint density at radius 2 is 2.11 bits per heavy atom. The molecule has 1 heterocycles. The van der Waals surface area contributed by atoms with E-state index in [0.29, 0.717) is 6.54 Å². The molecule has 0 radical (unpaired) electrons. The first-order chi connectivity index (χ1) is 8.49. The van der Waals surface area contributed by atoms with Crippen molar-refractivity contribution >= 4 is 21.6 Å². The summed E-state index contributed by atoms with van der Waals surface area (Å²) in [6.07, 6.45) is 0. The monoisotopic (exact) mass is 311 g/mol. The van der Waals surface area contributed by atoms with Crippen LogP contribution < -0.4 is 5.32 Å². The fourth-order valence-corrected chi connectivity index (χ4v) is 2.35. The van der Waals surface area contributed by atoms with Gasteiger partial charge in [-0.25, -0.2) is 4.39 Å². The van der Waals surface area contributed by atoms with E-state index in [-0.39, 0.29) is 5.82 Å². The molecule has 0 bridgehead atoms. The zero-order valence-corrected chi connectivity index (χ0v) is 12.2. The average molecular weight is 312 g/mol. The maximum Gasteiger partial charge on any atom is 0.123 e. The van der Waals surface area contributed by atoms with E-state index in [1.165, 1.54) is 12.1 Å². The molecular formula is C13H15BrFN3. The van der Waals surface area contributed by atoms with Gasteiger partial charge in [0.15, 0.2) is 0 Å². The topological polar surface area (TPSA) is 29.9 Å². The van der Waals surface area contributed by atoms with Crippen LogP contribution in [0, 0.1) is 19.7 Å². The zero-order chi connectivity index (χ0) is 13.3. The molecule has 5 heteroatoms. The summed E-state index contributed by atoms with van der Waals surface area (Å²) in [6.45, 7) is 4.48. The van der Waals surface area contributed by atoms with Crippen LogP contribution in [0.2, 0.25) is 0 Å². The third-order valence-electron chi connectivity index (χ3n) is 2.90. The van der Waals surface area contributed by atoms with Gasteiger partial charge in [-0.3, -0.25) is 4.68 Å². The van der Waals surface area contributed by atoms with E-state index in [2.05, 4.69) is 26.3 Å². The van der Waals surface area contributed by atoms with Crippen LogP contribution in [0.15, 0.2) is 22.7 Å². The third kappa shape index (κ3) is 2.56. The van der Waals surface area contributed by atoms with E-state index in [9.17, 15) is 4.39 Å². The highest BCUT2D eigenvalue weighted by Gasteiger charge is 2.10. The molecule has 18 heavy (non-hydrogen) atoms. The maximum absolute atomic E-state index is 13.0. The van der Waals surface area contributed by atoms with Crippen molar-refractivity contribution in [2.75, 3.05) is 5.32 Å². The van der Waals surface area contributed by atoms with E-state index in [1.54, 1.807) is 6.07 Å². The minimum atomic E-state index is -0.212. The van der Waals surface area contributed by atoms with Crippen molar-refractivity contribution in [3.63, 3.8) is 0 Å². The van der Waals surface area contributed by atoms with E-state index < -0.39 is 0 Å². The molecule has 0 fully saturated rings. The van der Waals surface area contributed by atoms with E-state index in [1.807, 2.05) is 25.6 Å². The van der Waals surface area contributed by atoms with Gasteiger partial charge in [-0.15, -0.1) is 0 Å². The van der Waals surface area contributed by atoms with Crippen LogP contribution >= 0.6 is 15.9 Å². The van der Waals surface area contributed by atoms with Crippen LogP contribution in [0.4, 0.5) is 10.1 Å². The molecule has 2 aromatic rings. The molecule has 1 aromatic carbocycles. The van der Waals surface area contributed by atoms with Crippen LogP contribution in [0.5, 0.6) is 0 Å². The van der Waals surface area contributed by atoms with Crippen molar-refractivity contribution in [2.45, 2.75) is 20.4 Å². The molecule has 1 aromatic heterocycles. The van der Waals surface area contributed by atoms with Gasteiger partial charge >= 0.3 is 0 Å². The van der Waals surface area contributed by atoms with Crippen molar-refractivity contribution in [3.05, 3.63) is 45.4 Å². The molecule has 2 rings (SSSR count). The van der Waals surface area contributed by atoms with Gasteiger partial charge in [-0.1, -0.05) is 0 Å². The second-order valence-corrected chi connectivity index (χ2v) is 5.08. The van der Waals surface area contributed by atoms with Gasteiger partial charge < -0.3 is 5.32 Å². The zero-order valence-electron chi connectivity index (χ0n) is 10.6. The highest BCUT2D eigenvalue weighted by atomic mass is 79.9. The minimum Gasteiger partial charge on any atom is -0.379 e. The van der Waals surface area contributed by atoms with Gasteiger partial charge in [0.05, 0.1) is 22.4 Å². The molecule has 0 aliphatic carbocycles. The normalized spacial score (nSPS) is 10.7. The van der Waals surface area contributed by atoms with Crippen molar-refractivity contribution in [2.24, 2.45) is 7.05 Å². The van der Waals surface area contributed by atoms with Crippen molar-refractivity contribution < 1.29 is 4.39 Å². The average Bonchev–Trinajstić information content (AvgIpc) is 2.53. The number of nitrogens with one attached hydrogen (secondary N) is 1. The summed E-state index contributed by atoms with van der Waals surface area (Å²) in [7, 11) is 1.91. The largest absolute Gasteiger partial charge is 0.379 e. The molecule has 0 saturated carbocycles. The fraction of sp³-hybridized carbons (Fsp3) is 0.308.